The zero-order chi connectivity index (χ0) is 16.2. The summed E-state index contributed by atoms with van der Waals surface area (Å²) >= 11 is 0. The molecule has 0 aliphatic heterocycles. The number of aryl methyl sites for hydroxylation is 1. The number of carbonyl (C=O) groups is 2. The monoisotopic (exact) mass is 313 g/mol. The van der Waals surface area contributed by atoms with Gasteiger partial charge in [0.15, 0.2) is 0 Å². The molecule has 0 spiro atoms. The van der Waals surface area contributed by atoms with E-state index in [0.29, 0.717) is 11.3 Å². The van der Waals surface area contributed by atoms with Crippen LogP contribution >= 0.6 is 0 Å². The molecule has 1 atom stereocenters. The summed E-state index contributed by atoms with van der Waals surface area (Å²) in [4.78, 5) is 24.6. The minimum absolute atomic E-state index is 0.150. The lowest BCUT2D eigenvalue weighted by molar-refractivity contribution is -0.123. The number of amides is 2. The number of furan rings is 1. The first-order valence-corrected chi connectivity index (χ1v) is 7.60. The van der Waals surface area contributed by atoms with Gasteiger partial charge in [-0.3, -0.25) is 15.0 Å². The third kappa shape index (κ3) is 3.78. The van der Waals surface area contributed by atoms with Gasteiger partial charge in [0, 0.05) is 6.04 Å². The quantitative estimate of drug-likeness (QED) is 0.711. The lowest BCUT2D eigenvalue weighted by Crippen LogP contribution is -2.46. The molecular formula is C17H19N3O3. The molecule has 0 unspecified atom stereocenters. The van der Waals surface area contributed by atoms with Crippen molar-refractivity contribution in [1.29, 1.82) is 0 Å². The molecule has 6 nitrogen and oxygen atoms in total. The highest BCUT2D eigenvalue weighted by Gasteiger charge is 2.28. The molecule has 1 aromatic heterocycles. The van der Waals surface area contributed by atoms with Crippen molar-refractivity contribution in [2.75, 3.05) is 0 Å². The first-order chi connectivity index (χ1) is 11.1. The molecular weight excluding hydrogens is 294 g/mol. The van der Waals surface area contributed by atoms with Crippen molar-refractivity contribution in [3.8, 4) is 0 Å². The molecule has 2 aromatic rings. The number of hydrazine groups is 1. The van der Waals surface area contributed by atoms with Gasteiger partial charge in [-0.15, -0.1) is 0 Å². The molecule has 1 saturated carbocycles. The average molecular weight is 313 g/mol. The van der Waals surface area contributed by atoms with E-state index < -0.39 is 6.04 Å². The van der Waals surface area contributed by atoms with Gasteiger partial charge in [0.1, 0.15) is 11.8 Å². The molecule has 1 aliphatic carbocycles. The smallest absolute Gasteiger partial charge is 0.268 e. The molecule has 0 radical (unpaired) electrons. The second-order valence-electron chi connectivity index (χ2n) is 5.62. The van der Waals surface area contributed by atoms with Crippen LogP contribution in [0.2, 0.25) is 0 Å². The molecule has 2 amide bonds. The van der Waals surface area contributed by atoms with Gasteiger partial charge >= 0.3 is 0 Å². The van der Waals surface area contributed by atoms with E-state index in [0.717, 1.165) is 18.4 Å². The van der Waals surface area contributed by atoms with Crippen LogP contribution in [0.25, 0.3) is 0 Å². The molecule has 0 bridgehead atoms. The fourth-order valence-corrected chi connectivity index (χ4v) is 2.28. The Labute approximate surface area is 134 Å². The van der Waals surface area contributed by atoms with E-state index in [1.165, 1.54) is 6.26 Å². The molecule has 120 valence electrons. The van der Waals surface area contributed by atoms with Crippen LogP contribution in [0.4, 0.5) is 0 Å². The maximum atomic E-state index is 12.4. The Kier molecular flexibility index (Phi) is 4.43. The first-order valence-electron chi connectivity index (χ1n) is 7.60. The molecule has 3 rings (SSSR count). The van der Waals surface area contributed by atoms with Gasteiger partial charge in [0.05, 0.1) is 11.8 Å². The van der Waals surface area contributed by atoms with Crippen molar-refractivity contribution in [3.05, 3.63) is 59.5 Å². The van der Waals surface area contributed by atoms with Crippen LogP contribution in [0, 0.1) is 6.92 Å². The van der Waals surface area contributed by atoms with E-state index in [9.17, 15) is 9.59 Å². The molecule has 23 heavy (non-hydrogen) atoms. The summed E-state index contributed by atoms with van der Waals surface area (Å²) in [6.07, 6.45) is 3.47. The summed E-state index contributed by atoms with van der Waals surface area (Å²) in [6, 6.07) is 10.5. The normalized spacial score (nSPS) is 15.0. The molecule has 1 aliphatic rings. The number of carbonyl (C=O) groups excluding carboxylic acids is 2. The lowest BCUT2D eigenvalue weighted by Gasteiger charge is -2.19. The summed E-state index contributed by atoms with van der Waals surface area (Å²) in [5.41, 5.74) is 6.64. The van der Waals surface area contributed by atoms with Gasteiger partial charge < -0.3 is 9.73 Å². The Morgan fingerprint density at radius 1 is 1.17 bits per heavy atom. The number of hydrogen-bond acceptors (Lipinski definition) is 4. The second kappa shape index (κ2) is 6.66. The topological polar surface area (TPSA) is 83.4 Å². The summed E-state index contributed by atoms with van der Waals surface area (Å²) in [5.74, 6) is 0.0438. The van der Waals surface area contributed by atoms with E-state index >= 15 is 0 Å². The van der Waals surface area contributed by atoms with Crippen molar-refractivity contribution in [3.63, 3.8) is 0 Å². The summed E-state index contributed by atoms with van der Waals surface area (Å²) in [7, 11) is 0. The predicted octanol–water partition coefficient (Wildman–Crippen LogP) is 1.84. The van der Waals surface area contributed by atoms with Crippen LogP contribution in [0.15, 0.2) is 47.1 Å². The first kappa shape index (κ1) is 15.3. The Hall–Kier alpha value is -2.60. The van der Waals surface area contributed by atoms with Crippen molar-refractivity contribution < 1.29 is 14.0 Å². The Morgan fingerprint density at radius 3 is 2.52 bits per heavy atom. The SMILES string of the molecule is Cc1occc1C(=O)NN[C@@H](C(=O)NC1CC1)c1ccccc1. The maximum absolute atomic E-state index is 12.4. The number of benzene rings is 1. The van der Waals surface area contributed by atoms with Gasteiger partial charge in [-0.05, 0) is 31.4 Å². The Bertz CT molecular complexity index is 692. The highest BCUT2D eigenvalue weighted by atomic mass is 16.3. The largest absolute Gasteiger partial charge is 0.469 e. The van der Waals surface area contributed by atoms with Crippen LogP contribution in [0.3, 0.4) is 0 Å². The van der Waals surface area contributed by atoms with Crippen LogP contribution in [-0.2, 0) is 4.79 Å². The zero-order valence-corrected chi connectivity index (χ0v) is 12.8. The molecule has 6 heteroatoms. The van der Waals surface area contributed by atoms with Crippen molar-refractivity contribution >= 4 is 11.8 Å². The molecule has 1 fully saturated rings. The fraction of sp³-hybridized carbons (Fsp3) is 0.294. The van der Waals surface area contributed by atoms with Gasteiger partial charge in [-0.2, -0.15) is 0 Å². The van der Waals surface area contributed by atoms with Crippen molar-refractivity contribution in [2.24, 2.45) is 0 Å². The van der Waals surface area contributed by atoms with Crippen molar-refractivity contribution in [1.82, 2.24) is 16.2 Å². The fourth-order valence-electron chi connectivity index (χ4n) is 2.28. The van der Waals surface area contributed by atoms with Gasteiger partial charge in [0.2, 0.25) is 5.91 Å². The maximum Gasteiger partial charge on any atom is 0.268 e. The molecule has 1 heterocycles. The van der Waals surface area contributed by atoms with E-state index in [4.69, 9.17) is 4.42 Å². The van der Waals surface area contributed by atoms with Gasteiger partial charge in [-0.1, -0.05) is 30.3 Å². The van der Waals surface area contributed by atoms with Crippen LogP contribution in [0.1, 0.15) is 40.6 Å². The van der Waals surface area contributed by atoms with Crippen molar-refractivity contribution in [2.45, 2.75) is 31.8 Å². The summed E-state index contributed by atoms with van der Waals surface area (Å²) < 4.78 is 5.12. The van der Waals surface area contributed by atoms with E-state index in [-0.39, 0.29) is 17.9 Å². The third-order valence-electron chi connectivity index (χ3n) is 3.75. The van der Waals surface area contributed by atoms with E-state index in [1.807, 2.05) is 30.3 Å². The summed E-state index contributed by atoms with van der Waals surface area (Å²) in [5, 5.41) is 2.95. The minimum Gasteiger partial charge on any atom is -0.469 e. The minimum atomic E-state index is -0.645. The predicted molar refractivity (Wildman–Crippen MR) is 84.4 cm³/mol. The average Bonchev–Trinajstić information content (AvgIpc) is 3.26. The third-order valence-corrected chi connectivity index (χ3v) is 3.75. The van der Waals surface area contributed by atoms with Gasteiger partial charge in [-0.25, -0.2) is 5.43 Å². The summed E-state index contributed by atoms with van der Waals surface area (Å²) in [6.45, 7) is 1.71. The highest BCUT2D eigenvalue weighted by Crippen LogP contribution is 2.21. The number of rotatable bonds is 6. The lowest BCUT2D eigenvalue weighted by atomic mass is 10.1. The highest BCUT2D eigenvalue weighted by molar-refractivity contribution is 5.95. The van der Waals surface area contributed by atoms with Gasteiger partial charge in [0.25, 0.3) is 5.91 Å². The van der Waals surface area contributed by atoms with Crippen LogP contribution in [-0.4, -0.2) is 17.9 Å². The molecule has 0 saturated heterocycles. The Morgan fingerprint density at radius 2 is 1.91 bits per heavy atom. The zero-order valence-electron chi connectivity index (χ0n) is 12.8. The van der Waals surface area contributed by atoms with Crippen LogP contribution < -0.4 is 16.2 Å². The van der Waals surface area contributed by atoms with E-state index in [1.54, 1.807) is 13.0 Å². The molecule has 1 aromatic carbocycles. The standard InChI is InChI=1S/C17H19N3O3/c1-11-14(9-10-23-11)16(21)20-19-15(12-5-3-2-4-6-12)17(22)18-13-7-8-13/h2-6,9-10,13,15,19H,7-8H2,1H3,(H,18,22)(H,20,21)/t15-/m1/s1. The van der Waals surface area contributed by atoms with E-state index in [2.05, 4.69) is 16.2 Å². The van der Waals surface area contributed by atoms with Crippen LogP contribution in [0.5, 0.6) is 0 Å². The Balaban J connectivity index is 1.69. The second-order valence-corrected chi connectivity index (χ2v) is 5.62. The molecule has 3 N–H and O–H groups in total. The number of hydrogen-bond donors (Lipinski definition) is 3. The number of nitrogens with one attached hydrogen (secondary N) is 3.